The second kappa shape index (κ2) is 8.88. The third-order valence-electron chi connectivity index (χ3n) is 5.06. The fraction of sp³-hybridized carbons (Fsp3) is 0.0800. The fourth-order valence-electron chi connectivity index (χ4n) is 3.43. The molecule has 8 heteroatoms. The van der Waals surface area contributed by atoms with E-state index in [-0.39, 0.29) is 24.8 Å². The highest BCUT2D eigenvalue weighted by molar-refractivity contribution is 5.90. The van der Waals surface area contributed by atoms with Crippen LogP contribution >= 0.6 is 0 Å². The predicted molar refractivity (Wildman–Crippen MR) is 125 cm³/mol. The van der Waals surface area contributed by atoms with E-state index < -0.39 is 0 Å². The lowest BCUT2D eigenvalue weighted by Gasteiger charge is -2.10. The van der Waals surface area contributed by atoms with Crippen LogP contribution in [0.5, 0.6) is 11.5 Å². The van der Waals surface area contributed by atoms with Crippen molar-refractivity contribution in [2.45, 2.75) is 6.54 Å². The highest BCUT2D eigenvalue weighted by atomic mass is 16.7. The number of hydrogen-bond donors (Lipinski definition) is 2. The van der Waals surface area contributed by atoms with Crippen molar-refractivity contribution in [3.05, 3.63) is 95.3 Å². The van der Waals surface area contributed by atoms with Crippen LogP contribution in [0.4, 0.5) is 17.1 Å². The summed E-state index contributed by atoms with van der Waals surface area (Å²) in [5.41, 5.74) is 3.44. The summed E-state index contributed by atoms with van der Waals surface area (Å²) in [6, 6.07) is 25.6. The lowest BCUT2D eigenvalue weighted by atomic mass is 10.1. The number of aromatic nitrogens is 2. The number of hydrogen-bond acceptors (Lipinski definition) is 6. The molecule has 0 unspecified atom stereocenters. The van der Waals surface area contributed by atoms with Crippen LogP contribution in [0.2, 0.25) is 0 Å². The lowest BCUT2D eigenvalue weighted by molar-refractivity contribution is -0.117. The van der Waals surface area contributed by atoms with Crippen LogP contribution in [-0.2, 0) is 11.3 Å². The molecular weight excluding hydrogens is 420 g/mol. The topological polar surface area (TPSA) is 94.5 Å². The number of carbonyl (C=O) groups is 1. The number of amides is 1. The zero-order chi connectivity index (χ0) is 22.6. The molecule has 33 heavy (non-hydrogen) atoms. The van der Waals surface area contributed by atoms with Crippen molar-refractivity contribution in [1.29, 1.82) is 0 Å². The zero-order valence-corrected chi connectivity index (χ0v) is 17.5. The maximum absolute atomic E-state index is 12.5. The summed E-state index contributed by atoms with van der Waals surface area (Å²) in [7, 11) is 0. The van der Waals surface area contributed by atoms with E-state index in [2.05, 4.69) is 15.7 Å². The van der Waals surface area contributed by atoms with Crippen molar-refractivity contribution < 1.29 is 14.3 Å². The van der Waals surface area contributed by atoms with Crippen molar-refractivity contribution in [3.63, 3.8) is 0 Å². The van der Waals surface area contributed by atoms with Gasteiger partial charge in [-0.05, 0) is 60.7 Å². The minimum absolute atomic E-state index is 0.176. The van der Waals surface area contributed by atoms with Crippen LogP contribution in [0.1, 0.15) is 0 Å². The molecule has 0 saturated heterocycles. The summed E-state index contributed by atoms with van der Waals surface area (Å²) < 4.78 is 11.9. The van der Waals surface area contributed by atoms with Crippen LogP contribution < -0.4 is 25.7 Å². The molecule has 0 atom stereocenters. The molecule has 1 amide bonds. The summed E-state index contributed by atoms with van der Waals surface area (Å²) in [6.07, 6.45) is 0. The van der Waals surface area contributed by atoms with Gasteiger partial charge in [0, 0.05) is 28.7 Å². The summed E-state index contributed by atoms with van der Waals surface area (Å²) in [6.45, 7) is -0.0313. The molecule has 0 bridgehead atoms. The fourth-order valence-corrected chi connectivity index (χ4v) is 3.43. The van der Waals surface area contributed by atoms with Gasteiger partial charge in [-0.2, -0.15) is 5.10 Å². The number of anilines is 3. The Kier molecular flexibility index (Phi) is 5.47. The van der Waals surface area contributed by atoms with E-state index in [0.717, 1.165) is 21.6 Å². The van der Waals surface area contributed by atoms with Crippen LogP contribution in [0, 0.1) is 0 Å². The van der Waals surface area contributed by atoms with Crippen LogP contribution in [0.3, 0.4) is 0 Å². The Labute approximate surface area is 189 Å². The molecule has 4 aromatic rings. The molecule has 5 rings (SSSR count). The molecule has 3 aromatic carbocycles. The Hall–Kier alpha value is -4.59. The third kappa shape index (κ3) is 4.69. The number of carbonyl (C=O) groups excluding carboxylic acids is 1. The van der Waals surface area contributed by atoms with Crippen LogP contribution in [-0.4, -0.2) is 22.5 Å². The smallest absolute Gasteiger partial charge is 0.267 e. The molecule has 0 radical (unpaired) electrons. The minimum Gasteiger partial charge on any atom is -0.454 e. The zero-order valence-electron chi connectivity index (χ0n) is 17.5. The first-order chi connectivity index (χ1) is 16.1. The number of nitrogens with one attached hydrogen (secondary N) is 2. The monoisotopic (exact) mass is 440 g/mol. The first kappa shape index (κ1) is 20.3. The predicted octanol–water partition coefficient (Wildman–Crippen LogP) is 4.02. The summed E-state index contributed by atoms with van der Waals surface area (Å²) in [5.74, 6) is 0.933. The maximum Gasteiger partial charge on any atom is 0.267 e. The van der Waals surface area contributed by atoms with Gasteiger partial charge in [0.15, 0.2) is 11.5 Å². The van der Waals surface area contributed by atoms with Gasteiger partial charge in [0.05, 0.1) is 5.69 Å². The van der Waals surface area contributed by atoms with Gasteiger partial charge in [0.25, 0.3) is 5.56 Å². The summed E-state index contributed by atoms with van der Waals surface area (Å²) in [5, 5.41) is 10.4. The summed E-state index contributed by atoms with van der Waals surface area (Å²) in [4.78, 5) is 24.8. The van der Waals surface area contributed by atoms with E-state index >= 15 is 0 Å². The quantitative estimate of drug-likeness (QED) is 0.470. The van der Waals surface area contributed by atoms with E-state index in [4.69, 9.17) is 9.47 Å². The Morgan fingerprint density at radius 2 is 1.58 bits per heavy atom. The molecule has 0 aliphatic carbocycles. The SMILES string of the molecule is O=C(Cn1nc(-c2ccc3c(c2)OCO3)ccc1=O)Nc1ccc(Nc2ccccc2)cc1. The van der Waals surface area contributed by atoms with Crippen molar-refractivity contribution in [1.82, 2.24) is 9.78 Å². The van der Waals surface area contributed by atoms with Crippen LogP contribution in [0.15, 0.2) is 89.7 Å². The van der Waals surface area contributed by atoms with Crippen LogP contribution in [0.25, 0.3) is 11.3 Å². The Morgan fingerprint density at radius 3 is 2.39 bits per heavy atom. The minimum atomic E-state index is -0.364. The van der Waals surface area contributed by atoms with Gasteiger partial charge in [-0.25, -0.2) is 4.68 Å². The Morgan fingerprint density at radius 1 is 0.848 bits per heavy atom. The number of benzene rings is 3. The molecule has 1 aromatic heterocycles. The number of nitrogens with zero attached hydrogens (tertiary/aromatic N) is 2. The van der Waals surface area contributed by atoms with E-state index in [1.54, 1.807) is 30.3 Å². The average molecular weight is 440 g/mol. The Balaban J connectivity index is 1.26. The van der Waals surface area contributed by atoms with E-state index in [0.29, 0.717) is 22.9 Å². The molecule has 1 aliphatic rings. The Bertz CT molecular complexity index is 1350. The van der Waals surface area contributed by atoms with Crippen molar-refractivity contribution in [2.75, 3.05) is 17.4 Å². The molecule has 8 nitrogen and oxygen atoms in total. The number of rotatable bonds is 6. The first-order valence-corrected chi connectivity index (χ1v) is 10.3. The normalized spacial score (nSPS) is 11.8. The van der Waals surface area contributed by atoms with E-state index in [1.165, 1.54) is 6.07 Å². The highest BCUT2D eigenvalue weighted by Gasteiger charge is 2.15. The second-order valence-electron chi connectivity index (χ2n) is 7.40. The van der Waals surface area contributed by atoms with E-state index in [1.807, 2.05) is 48.5 Å². The van der Waals surface area contributed by atoms with Gasteiger partial charge in [0.1, 0.15) is 6.54 Å². The number of ether oxygens (including phenoxy) is 2. The largest absolute Gasteiger partial charge is 0.454 e. The molecule has 2 N–H and O–H groups in total. The molecular formula is C25H20N4O4. The average Bonchev–Trinajstić information content (AvgIpc) is 3.30. The van der Waals surface area contributed by atoms with Gasteiger partial charge in [-0.15, -0.1) is 0 Å². The lowest BCUT2D eigenvalue weighted by Crippen LogP contribution is -2.29. The van der Waals surface area contributed by atoms with Gasteiger partial charge in [-0.1, -0.05) is 18.2 Å². The molecule has 164 valence electrons. The van der Waals surface area contributed by atoms with Gasteiger partial charge in [-0.3, -0.25) is 9.59 Å². The number of para-hydroxylation sites is 1. The van der Waals surface area contributed by atoms with Gasteiger partial charge < -0.3 is 20.1 Å². The van der Waals surface area contributed by atoms with Crippen molar-refractivity contribution in [3.8, 4) is 22.8 Å². The second-order valence-corrected chi connectivity index (χ2v) is 7.40. The molecule has 0 spiro atoms. The van der Waals surface area contributed by atoms with Crippen molar-refractivity contribution in [2.24, 2.45) is 0 Å². The van der Waals surface area contributed by atoms with Crippen molar-refractivity contribution >= 4 is 23.0 Å². The standard InChI is InChI=1S/C25H20N4O4/c30-24(27-20-9-7-19(8-10-20)26-18-4-2-1-3-5-18)15-29-25(31)13-11-21(28-29)17-6-12-22-23(14-17)33-16-32-22/h1-14,26H,15-16H2,(H,27,30). The summed E-state index contributed by atoms with van der Waals surface area (Å²) >= 11 is 0. The highest BCUT2D eigenvalue weighted by Crippen LogP contribution is 2.35. The van der Waals surface area contributed by atoms with Gasteiger partial charge in [0.2, 0.25) is 12.7 Å². The molecule has 0 fully saturated rings. The first-order valence-electron chi connectivity index (χ1n) is 10.3. The number of fused-ring (bicyclic) bond motifs is 1. The third-order valence-corrected chi connectivity index (χ3v) is 5.06. The molecule has 0 saturated carbocycles. The van der Waals surface area contributed by atoms with E-state index in [9.17, 15) is 9.59 Å². The maximum atomic E-state index is 12.5. The molecule has 2 heterocycles. The molecule has 1 aliphatic heterocycles. The van der Waals surface area contributed by atoms with Gasteiger partial charge >= 0.3 is 0 Å².